The first-order valence-electron chi connectivity index (χ1n) is 11.8. The highest BCUT2D eigenvalue weighted by atomic mass is 35.5. The number of hydrogen-bond donors (Lipinski definition) is 3. The first-order valence-corrected chi connectivity index (χ1v) is 13.2. The van der Waals surface area contributed by atoms with Gasteiger partial charge in [0.2, 0.25) is 5.91 Å². The summed E-state index contributed by atoms with van der Waals surface area (Å²) < 4.78 is 13.1. The van der Waals surface area contributed by atoms with E-state index >= 15 is 0 Å². The van der Waals surface area contributed by atoms with Crippen LogP contribution in [0, 0.1) is 5.82 Å². The Balaban J connectivity index is 1.45. The van der Waals surface area contributed by atoms with E-state index in [0.717, 1.165) is 4.90 Å². The van der Waals surface area contributed by atoms with Gasteiger partial charge in [-0.25, -0.2) is 4.39 Å². The van der Waals surface area contributed by atoms with E-state index in [1.54, 1.807) is 72.8 Å². The van der Waals surface area contributed by atoms with Gasteiger partial charge in [-0.15, -0.1) is 11.8 Å². The van der Waals surface area contributed by atoms with E-state index in [4.69, 9.17) is 11.6 Å². The summed E-state index contributed by atoms with van der Waals surface area (Å²) in [5.74, 6) is -1.52. The van der Waals surface area contributed by atoms with E-state index in [1.165, 1.54) is 42.1 Å². The highest BCUT2D eigenvalue weighted by Crippen LogP contribution is 2.23. The lowest BCUT2D eigenvalue weighted by Gasteiger charge is -2.12. The largest absolute Gasteiger partial charge is 0.325 e. The molecule has 0 saturated carbocycles. The van der Waals surface area contributed by atoms with Gasteiger partial charge in [-0.2, -0.15) is 0 Å². The molecule has 6 nitrogen and oxygen atoms in total. The number of amides is 3. The first-order chi connectivity index (χ1) is 18.9. The van der Waals surface area contributed by atoms with Crippen LogP contribution in [0.2, 0.25) is 5.02 Å². The Kier molecular flexibility index (Phi) is 9.50. The third kappa shape index (κ3) is 8.29. The van der Waals surface area contributed by atoms with Crippen LogP contribution in [0.5, 0.6) is 0 Å². The van der Waals surface area contributed by atoms with Gasteiger partial charge in [0.25, 0.3) is 11.8 Å². The highest BCUT2D eigenvalue weighted by Gasteiger charge is 2.16. The van der Waals surface area contributed by atoms with Crippen LogP contribution in [0.4, 0.5) is 15.8 Å². The number of benzene rings is 4. The van der Waals surface area contributed by atoms with E-state index in [1.807, 2.05) is 6.07 Å². The molecule has 9 heteroatoms. The zero-order chi connectivity index (χ0) is 27.6. The Morgan fingerprint density at radius 1 is 0.795 bits per heavy atom. The van der Waals surface area contributed by atoms with Gasteiger partial charge < -0.3 is 16.0 Å². The fourth-order valence-electron chi connectivity index (χ4n) is 3.43. The molecule has 0 bridgehead atoms. The van der Waals surface area contributed by atoms with Crippen LogP contribution in [0.1, 0.15) is 15.9 Å². The van der Waals surface area contributed by atoms with Gasteiger partial charge in [-0.3, -0.25) is 14.4 Å². The van der Waals surface area contributed by atoms with Crippen LogP contribution in [0.25, 0.3) is 6.08 Å². The second kappa shape index (κ2) is 13.4. The number of halogens is 2. The lowest BCUT2D eigenvalue weighted by Crippen LogP contribution is -2.30. The Morgan fingerprint density at radius 3 is 2.26 bits per heavy atom. The number of anilines is 2. The van der Waals surface area contributed by atoms with Crippen LogP contribution in [0.15, 0.2) is 114 Å². The molecule has 0 radical (unpaired) electrons. The monoisotopic (exact) mass is 559 g/mol. The van der Waals surface area contributed by atoms with Gasteiger partial charge >= 0.3 is 0 Å². The average molecular weight is 560 g/mol. The van der Waals surface area contributed by atoms with Gasteiger partial charge in [0.05, 0.1) is 5.75 Å². The normalized spacial score (nSPS) is 11.0. The third-order valence-corrected chi connectivity index (χ3v) is 6.66. The Hall–Kier alpha value is -4.40. The molecule has 0 aromatic heterocycles. The molecule has 3 N–H and O–H groups in total. The molecule has 0 aliphatic heterocycles. The lowest BCUT2D eigenvalue weighted by atomic mass is 10.1. The molecular weight excluding hydrogens is 537 g/mol. The molecule has 4 aromatic rings. The van der Waals surface area contributed by atoms with Gasteiger partial charge in [0.15, 0.2) is 0 Å². The van der Waals surface area contributed by atoms with Crippen LogP contribution in [-0.4, -0.2) is 23.5 Å². The van der Waals surface area contributed by atoms with Crippen LogP contribution in [0.3, 0.4) is 0 Å². The van der Waals surface area contributed by atoms with Crippen molar-refractivity contribution in [2.75, 3.05) is 16.4 Å². The summed E-state index contributed by atoms with van der Waals surface area (Å²) in [6.07, 6.45) is 1.51. The van der Waals surface area contributed by atoms with Gasteiger partial charge in [0.1, 0.15) is 11.5 Å². The molecule has 196 valence electrons. The zero-order valence-corrected chi connectivity index (χ0v) is 22.1. The van der Waals surface area contributed by atoms with E-state index in [-0.39, 0.29) is 23.2 Å². The van der Waals surface area contributed by atoms with Gasteiger partial charge in [-0.1, -0.05) is 54.1 Å². The summed E-state index contributed by atoms with van der Waals surface area (Å²) in [4.78, 5) is 39.1. The summed E-state index contributed by atoms with van der Waals surface area (Å²) in [5.41, 5.74) is 1.94. The number of carbonyl (C=O) groups excluding carboxylic acids is 3. The van der Waals surface area contributed by atoms with Crippen molar-refractivity contribution in [1.29, 1.82) is 0 Å². The van der Waals surface area contributed by atoms with Crippen molar-refractivity contribution in [1.82, 2.24) is 5.32 Å². The molecule has 3 amide bonds. The number of thioether (sulfide) groups is 1. The molecule has 4 aromatic carbocycles. The molecular formula is C30H23ClFN3O3S. The molecule has 4 rings (SSSR count). The summed E-state index contributed by atoms with van der Waals surface area (Å²) in [7, 11) is 0. The van der Waals surface area contributed by atoms with Crippen molar-refractivity contribution in [2.24, 2.45) is 0 Å². The maximum Gasteiger partial charge on any atom is 0.272 e. The lowest BCUT2D eigenvalue weighted by molar-refractivity contribution is -0.114. The summed E-state index contributed by atoms with van der Waals surface area (Å²) in [5, 5.41) is 8.61. The van der Waals surface area contributed by atoms with Crippen LogP contribution >= 0.6 is 23.4 Å². The molecule has 0 aliphatic rings. The second-order valence-electron chi connectivity index (χ2n) is 8.23. The van der Waals surface area contributed by atoms with Gasteiger partial charge in [0, 0.05) is 26.9 Å². The number of nitrogens with one attached hydrogen (secondary N) is 3. The minimum absolute atomic E-state index is 0.00804. The second-order valence-corrected chi connectivity index (χ2v) is 9.68. The molecule has 39 heavy (non-hydrogen) atoms. The predicted molar refractivity (Wildman–Crippen MR) is 154 cm³/mol. The minimum Gasteiger partial charge on any atom is -0.325 e. The van der Waals surface area contributed by atoms with E-state index in [2.05, 4.69) is 16.0 Å². The Bertz CT molecular complexity index is 1510. The van der Waals surface area contributed by atoms with Crippen molar-refractivity contribution in [3.63, 3.8) is 0 Å². The number of rotatable bonds is 9. The van der Waals surface area contributed by atoms with E-state index < -0.39 is 11.8 Å². The molecule has 0 atom stereocenters. The molecule has 0 unspecified atom stereocenters. The standard InChI is InChI=1S/C30H23ClFN3O3S/c31-26-12-5-4-9-21(26)17-27(35-29(37)20-7-2-1-3-8-20)30(38)34-24-10-6-11-25(18-24)39-19-28(36)33-23-15-13-22(32)14-16-23/h1-18H,19H2,(H,33,36)(H,34,38)(H,35,37)/b27-17+. The topological polar surface area (TPSA) is 87.3 Å². The first kappa shape index (κ1) is 27.6. The molecule has 0 heterocycles. The maximum atomic E-state index is 13.3. The molecule has 0 saturated heterocycles. The third-order valence-electron chi connectivity index (χ3n) is 5.32. The van der Waals surface area contributed by atoms with E-state index in [9.17, 15) is 18.8 Å². The zero-order valence-electron chi connectivity index (χ0n) is 20.5. The van der Waals surface area contributed by atoms with Crippen LogP contribution in [-0.2, 0) is 9.59 Å². The van der Waals surface area contributed by atoms with Crippen molar-refractivity contribution in [3.8, 4) is 0 Å². The molecule has 0 fully saturated rings. The molecule has 0 spiro atoms. The Morgan fingerprint density at radius 2 is 1.51 bits per heavy atom. The summed E-state index contributed by atoms with van der Waals surface area (Å²) in [6, 6.07) is 28.0. The summed E-state index contributed by atoms with van der Waals surface area (Å²) >= 11 is 7.56. The van der Waals surface area contributed by atoms with Crippen LogP contribution < -0.4 is 16.0 Å². The smallest absolute Gasteiger partial charge is 0.272 e. The Labute approximate surface area is 234 Å². The SMILES string of the molecule is O=C(CSc1cccc(NC(=O)/C(=C\c2ccccc2Cl)NC(=O)c2ccccc2)c1)Nc1ccc(F)cc1. The summed E-state index contributed by atoms with van der Waals surface area (Å²) in [6.45, 7) is 0. The predicted octanol–water partition coefficient (Wildman–Crippen LogP) is 6.62. The van der Waals surface area contributed by atoms with E-state index in [0.29, 0.717) is 27.5 Å². The highest BCUT2D eigenvalue weighted by molar-refractivity contribution is 8.00. The molecule has 0 aliphatic carbocycles. The number of hydrogen-bond acceptors (Lipinski definition) is 4. The minimum atomic E-state index is -0.546. The van der Waals surface area contributed by atoms with Crippen molar-refractivity contribution < 1.29 is 18.8 Å². The van der Waals surface area contributed by atoms with Gasteiger partial charge in [-0.05, 0) is 72.3 Å². The fraction of sp³-hybridized carbons (Fsp3) is 0.0333. The quantitative estimate of drug-likeness (QED) is 0.159. The van der Waals surface area contributed by atoms with Crippen molar-refractivity contribution in [3.05, 3.63) is 131 Å². The maximum absolute atomic E-state index is 13.3. The van der Waals surface area contributed by atoms with Crippen molar-refractivity contribution in [2.45, 2.75) is 4.90 Å². The fourth-order valence-corrected chi connectivity index (χ4v) is 4.38. The number of carbonyl (C=O) groups is 3. The average Bonchev–Trinajstić information content (AvgIpc) is 2.94. The van der Waals surface area contributed by atoms with Crippen molar-refractivity contribution >= 4 is 58.5 Å².